The first-order valence-corrected chi connectivity index (χ1v) is 26.8. The van der Waals surface area contributed by atoms with Gasteiger partial charge in [0.05, 0.1) is 13.2 Å². The van der Waals surface area contributed by atoms with Gasteiger partial charge < -0.3 is 33.3 Å². The lowest BCUT2D eigenvalue weighted by Crippen LogP contribution is -2.56. The van der Waals surface area contributed by atoms with Crippen molar-refractivity contribution in [3.8, 4) is 11.5 Å². The van der Waals surface area contributed by atoms with Crippen molar-refractivity contribution in [2.24, 2.45) is 0 Å². The van der Waals surface area contributed by atoms with E-state index in [1.807, 2.05) is 50.2 Å². The molecule has 0 aliphatic heterocycles. The highest BCUT2D eigenvalue weighted by Gasteiger charge is 2.43. The van der Waals surface area contributed by atoms with E-state index in [2.05, 4.69) is 52.4 Å². The lowest BCUT2D eigenvalue weighted by atomic mass is 10.2. The topological polar surface area (TPSA) is 98.2 Å². The molecule has 2 aromatic carbocycles. The van der Waals surface area contributed by atoms with Crippen LogP contribution in [0.25, 0.3) is 0 Å². The Morgan fingerprint density at radius 2 is 0.902 bits per heavy atom. The minimum absolute atomic E-state index is 0.702. The van der Waals surface area contributed by atoms with Gasteiger partial charge in [-0.25, -0.2) is 0 Å². The van der Waals surface area contributed by atoms with Gasteiger partial charge in [0.1, 0.15) is 11.5 Å². The van der Waals surface area contributed by atoms with Crippen LogP contribution in [-0.4, -0.2) is 47.0 Å². The van der Waals surface area contributed by atoms with Crippen molar-refractivity contribution in [2.75, 3.05) is 24.7 Å². The third kappa shape index (κ3) is 13.9. The molecule has 0 spiro atoms. The zero-order chi connectivity index (χ0) is 30.9. The molecule has 0 bridgehead atoms. The Labute approximate surface area is 254 Å². The van der Waals surface area contributed by atoms with Gasteiger partial charge in [-0.1, -0.05) is 12.8 Å². The third-order valence-corrected chi connectivity index (χ3v) is 22.2. The SMILES string of the molecule is Cc1cc(N)ccc1OCCCC[Si](C)(C)O[Si](C)(C)O[Si](C)(C)O[Si](C)(C)CCCCOc1ccc(N)cc1C. The first kappa shape index (κ1) is 35.6. The fourth-order valence-corrected chi connectivity index (χ4v) is 24.9. The minimum atomic E-state index is -2.35. The van der Waals surface area contributed by atoms with Gasteiger partial charge in [-0.15, -0.1) is 0 Å². The molecule has 2 rings (SSSR count). The minimum Gasteiger partial charge on any atom is -0.493 e. The number of unbranched alkanes of at least 4 members (excludes halogenated alkanes) is 2. The van der Waals surface area contributed by atoms with Crippen molar-refractivity contribution >= 4 is 45.1 Å². The maximum absolute atomic E-state index is 6.79. The highest BCUT2D eigenvalue weighted by molar-refractivity contribution is 6.89. The summed E-state index contributed by atoms with van der Waals surface area (Å²) in [7, 11) is -8.48. The Morgan fingerprint density at radius 1 is 0.537 bits per heavy atom. The number of ether oxygens (including phenoxy) is 2. The number of hydrogen-bond donors (Lipinski definition) is 2. The van der Waals surface area contributed by atoms with Gasteiger partial charge in [-0.3, -0.25) is 0 Å². The standard InChI is InChI=1S/C30H56N2O5Si4/c1-25-23-27(31)15-17-29(25)33-19-11-13-21-38(3,4)35-40(7,8)37-41(9,10)36-39(5,6)22-14-12-20-34-30-18-16-28(32)24-26(30)2/h15-18,23-24H,11-14,19-22,31-32H2,1-10H3. The quantitative estimate of drug-likeness (QED) is 0.0964. The van der Waals surface area contributed by atoms with Crippen molar-refractivity contribution in [3.05, 3.63) is 47.5 Å². The normalized spacial score (nSPS) is 12.9. The van der Waals surface area contributed by atoms with E-state index in [9.17, 15) is 0 Å². The second kappa shape index (κ2) is 15.2. The van der Waals surface area contributed by atoms with Crippen molar-refractivity contribution < 1.29 is 21.8 Å². The molecule has 4 N–H and O–H groups in total. The number of anilines is 2. The number of nitrogens with two attached hydrogens (primary N) is 2. The lowest BCUT2D eigenvalue weighted by Gasteiger charge is -2.41. The molecular formula is C30H56N2O5Si4. The predicted octanol–water partition coefficient (Wildman–Crippen LogP) is 8.35. The second-order valence-electron chi connectivity index (χ2n) is 13.3. The van der Waals surface area contributed by atoms with Crippen LogP contribution < -0.4 is 20.9 Å². The Hall–Kier alpha value is -1.61. The summed E-state index contributed by atoms with van der Waals surface area (Å²) in [5.74, 6) is 1.82. The molecule has 0 saturated carbocycles. The maximum atomic E-state index is 6.79. The summed E-state index contributed by atoms with van der Waals surface area (Å²) < 4.78 is 32.3. The van der Waals surface area contributed by atoms with E-state index in [4.69, 9.17) is 33.3 Å². The molecule has 7 nitrogen and oxygen atoms in total. The number of aryl methyl sites for hydroxylation is 2. The van der Waals surface area contributed by atoms with Gasteiger partial charge in [0.2, 0.25) is 0 Å². The Kier molecular flexibility index (Phi) is 13.2. The van der Waals surface area contributed by atoms with Crippen molar-refractivity contribution in [1.82, 2.24) is 0 Å². The van der Waals surface area contributed by atoms with Gasteiger partial charge in [-0.2, -0.15) is 0 Å². The Bertz CT molecular complexity index is 1030. The average Bonchev–Trinajstić information content (AvgIpc) is 2.78. The average molecular weight is 637 g/mol. The number of hydrogen-bond acceptors (Lipinski definition) is 7. The molecule has 0 fully saturated rings. The molecule has 0 heterocycles. The highest BCUT2D eigenvalue weighted by atomic mass is 28.5. The maximum Gasteiger partial charge on any atom is 0.312 e. The second-order valence-corrected chi connectivity index (χ2v) is 29.4. The molecule has 2 aromatic rings. The number of rotatable bonds is 18. The smallest absolute Gasteiger partial charge is 0.312 e. The Balaban J connectivity index is 1.73. The molecule has 0 aliphatic carbocycles. The largest absolute Gasteiger partial charge is 0.493 e. The highest BCUT2D eigenvalue weighted by Crippen LogP contribution is 2.28. The van der Waals surface area contributed by atoms with E-state index in [0.29, 0.717) is 13.2 Å². The summed E-state index contributed by atoms with van der Waals surface area (Å²) in [6, 6.07) is 13.7. The molecule has 41 heavy (non-hydrogen) atoms. The monoisotopic (exact) mass is 636 g/mol. The molecule has 0 radical (unpaired) electrons. The van der Waals surface area contributed by atoms with E-state index in [1.54, 1.807) is 0 Å². The lowest BCUT2D eigenvalue weighted by molar-refractivity contribution is 0.304. The number of nitrogen functional groups attached to an aromatic ring is 2. The van der Waals surface area contributed by atoms with Crippen molar-refractivity contribution in [2.45, 2.75) is 104 Å². The fourth-order valence-electron chi connectivity index (χ4n) is 5.41. The Morgan fingerprint density at radius 3 is 1.24 bits per heavy atom. The molecule has 0 saturated heterocycles. The fraction of sp³-hybridized carbons (Fsp3) is 0.600. The van der Waals surface area contributed by atoms with Crippen LogP contribution in [0, 0.1) is 13.8 Å². The molecule has 0 unspecified atom stereocenters. The van der Waals surface area contributed by atoms with E-state index >= 15 is 0 Å². The molecule has 11 heteroatoms. The summed E-state index contributed by atoms with van der Waals surface area (Å²) in [5, 5.41) is 0. The molecule has 0 aromatic heterocycles. The molecular weight excluding hydrogens is 581 g/mol. The van der Waals surface area contributed by atoms with Crippen LogP contribution >= 0.6 is 0 Å². The van der Waals surface area contributed by atoms with Crippen molar-refractivity contribution in [1.29, 1.82) is 0 Å². The van der Waals surface area contributed by atoms with E-state index in [-0.39, 0.29) is 0 Å². The first-order chi connectivity index (χ1) is 18.9. The van der Waals surface area contributed by atoms with Crippen LogP contribution in [0.2, 0.25) is 64.5 Å². The first-order valence-electron chi connectivity index (χ1n) is 15.0. The summed E-state index contributed by atoms with van der Waals surface area (Å²) in [4.78, 5) is 0. The summed E-state index contributed by atoms with van der Waals surface area (Å²) in [5.41, 5.74) is 15.4. The van der Waals surface area contributed by atoms with Crippen LogP contribution in [-0.2, 0) is 12.3 Å². The van der Waals surface area contributed by atoms with Crippen LogP contribution in [0.15, 0.2) is 36.4 Å². The van der Waals surface area contributed by atoms with Crippen LogP contribution in [0.5, 0.6) is 11.5 Å². The molecule has 0 amide bonds. The van der Waals surface area contributed by atoms with E-state index in [1.165, 1.54) is 0 Å². The van der Waals surface area contributed by atoms with Crippen LogP contribution in [0.3, 0.4) is 0 Å². The summed E-state index contributed by atoms with van der Waals surface area (Å²) in [6.07, 6.45) is 4.16. The summed E-state index contributed by atoms with van der Waals surface area (Å²) >= 11 is 0. The van der Waals surface area contributed by atoms with Crippen LogP contribution in [0.1, 0.15) is 36.8 Å². The van der Waals surface area contributed by atoms with E-state index in [0.717, 1.165) is 71.8 Å². The van der Waals surface area contributed by atoms with Gasteiger partial charge in [0, 0.05) is 11.4 Å². The zero-order valence-corrected chi connectivity index (χ0v) is 31.3. The molecule has 232 valence electrons. The number of benzene rings is 2. The van der Waals surface area contributed by atoms with Gasteiger partial charge in [-0.05, 0) is 139 Å². The van der Waals surface area contributed by atoms with Crippen LogP contribution in [0.4, 0.5) is 11.4 Å². The predicted molar refractivity (Wildman–Crippen MR) is 183 cm³/mol. The third-order valence-electron chi connectivity index (χ3n) is 6.80. The van der Waals surface area contributed by atoms with Gasteiger partial charge >= 0.3 is 17.1 Å². The molecule has 0 aliphatic rings. The molecule has 0 atom stereocenters. The zero-order valence-electron chi connectivity index (χ0n) is 27.3. The van der Waals surface area contributed by atoms with Gasteiger partial charge in [0.15, 0.2) is 16.6 Å². The van der Waals surface area contributed by atoms with E-state index < -0.39 is 33.8 Å². The van der Waals surface area contributed by atoms with Crippen molar-refractivity contribution in [3.63, 3.8) is 0 Å². The summed E-state index contributed by atoms with van der Waals surface area (Å²) in [6.45, 7) is 23.4. The van der Waals surface area contributed by atoms with Gasteiger partial charge in [0.25, 0.3) is 0 Å².